The van der Waals surface area contributed by atoms with Gasteiger partial charge in [0.05, 0.1) is 0 Å². The average molecular weight is 335 g/mol. The van der Waals surface area contributed by atoms with E-state index in [1.54, 1.807) is 0 Å². The van der Waals surface area contributed by atoms with Crippen molar-refractivity contribution in [2.75, 3.05) is 7.05 Å². The van der Waals surface area contributed by atoms with Crippen molar-refractivity contribution in [3.05, 3.63) is 35.6 Å². The molecule has 2 fully saturated rings. The largest absolute Gasteiger partial charge is 0.366 e. The molecule has 3 rings (SSSR count). The van der Waals surface area contributed by atoms with Crippen molar-refractivity contribution in [3.8, 4) is 0 Å². The lowest BCUT2D eigenvalue weighted by Crippen LogP contribution is -2.60. The van der Waals surface area contributed by atoms with Gasteiger partial charge in [0.15, 0.2) is 5.11 Å². The summed E-state index contributed by atoms with van der Waals surface area (Å²) >= 11 is 5.44. The summed E-state index contributed by atoms with van der Waals surface area (Å²) in [5, 5.41) is 7.00. The normalized spacial score (nSPS) is 26.5. The van der Waals surface area contributed by atoms with Crippen LogP contribution in [0.25, 0.3) is 0 Å². The Bertz CT molecular complexity index is 578. The van der Waals surface area contributed by atoms with E-state index in [9.17, 15) is 9.18 Å². The molecule has 4 nitrogen and oxygen atoms in total. The first kappa shape index (κ1) is 16.2. The van der Waals surface area contributed by atoms with E-state index >= 15 is 0 Å². The molecule has 1 aromatic rings. The fourth-order valence-corrected chi connectivity index (χ4v) is 4.13. The molecule has 1 aromatic carbocycles. The minimum atomic E-state index is -0.329. The zero-order valence-electron chi connectivity index (χ0n) is 13.2. The summed E-state index contributed by atoms with van der Waals surface area (Å²) in [5.74, 6) is -0.456. The van der Waals surface area contributed by atoms with Crippen LogP contribution in [0.4, 0.5) is 4.39 Å². The van der Waals surface area contributed by atoms with E-state index in [4.69, 9.17) is 12.2 Å². The fraction of sp³-hybridized carbons (Fsp3) is 0.529. The summed E-state index contributed by atoms with van der Waals surface area (Å²) in [6.07, 6.45) is 5.26. The van der Waals surface area contributed by atoms with Crippen molar-refractivity contribution in [1.82, 2.24) is 15.5 Å². The summed E-state index contributed by atoms with van der Waals surface area (Å²) in [4.78, 5) is 14.6. The van der Waals surface area contributed by atoms with Gasteiger partial charge >= 0.3 is 0 Å². The number of nitrogens with zero attached hydrogens (tertiary/aromatic N) is 1. The molecule has 6 heteroatoms. The molecule has 1 amide bonds. The average Bonchev–Trinajstić information content (AvgIpc) is 2.54. The molecule has 2 aliphatic rings. The number of benzene rings is 1. The molecule has 0 spiro atoms. The number of halogens is 1. The van der Waals surface area contributed by atoms with Gasteiger partial charge in [-0.15, -0.1) is 0 Å². The second kappa shape index (κ2) is 6.83. The molecule has 0 radical (unpaired) electrons. The van der Waals surface area contributed by atoms with Crippen LogP contribution in [-0.2, 0) is 0 Å². The van der Waals surface area contributed by atoms with E-state index in [0.29, 0.717) is 17.6 Å². The van der Waals surface area contributed by atoms with Crippen LogP contribution in [0.5, 0.6) is 0 Å². The quantitative estimate of drug-likeness (QED) is 0.815. The first-order chi connectivity index (χ1) is 11.1. The number of nitrogens with one attached hydrogen (secondary N) is 2. The number of fused-ring (bicyclic) bond motifs is 2. The number of hydrogen-bond acceptors (Lipinski definition) is 2. The first-order valence-electron chi connectivity index (χ1n) is 8.15. The minimum absolute atomic E-state index is 0.127. The van der Waals surface area contributed by atoms with Crippen LogP contribution >= 0.6 is 12.2 Å². The van der Waals surface area contributed by atoms with E-state index < -0.39 is 0 Å². The summed E-state index contributed by atoms with van der Waals surface area (Å²) in [5.41, 5.74) is 0.504. The van der Waals surface area contributed by atoms with Gasteiger partial charge in [-0.25, -0.2) is 4.39 Å². The van der Waals surface area contributed by atoms with Crippen LogP contribution in [0.3, 0.4) is 0 Å². The molecule has 23 heavy (non-hydrogen) atoms. The molecule has 2 bridgehead atoms. The van der Waals surface area contributed by atoms with Crippen LogP contribution in [0, 0.1) is 5.82 Å². The van der Waals surface area contributed by atoms with Gasteiger partial charge in [-0.05, 0) is 68.6 Å². The second-order valence-electron chi connectivity index (χ2n) is 6.35. The van der Waals surface area contributed by atoms with Crippen LogP contribution in [0.15, 0.2) is 24.3 Å². The first-order valence-corrected chi connectivity index (χ1v) is 8.56. The number of amides is 1. The molecule has 0 aromatic heterocycles. The zero-order valence-corrected chi connectivity index (χ0v) is 14.0. The standard InChI is InChI=1S/C17H22FN3OS/c1-19-17(23)21-14-3-2-4-15(21)10-13(9-14)20-16(22)11-5-7-12(18)8-6-11/h5-8,13-15H,2-4,9-10H2,1H3,(H,19,23)(H,20,22)/t13?,14-,15+. The Morgan fingerprint density at radius 3 is 2.39 bits per heavy atom. The number of hydrogen-bond donors (Lipinski definition) is 2. The molecule has 2 heterocycles. The third-order valence-electron chi connectivity index (χ3n) is 4.86. The van der Waals surface area contributed by atoms with Crippen molar-refractivity contribution in [2.24, 2.45) is 0 Å². The summed E-state index contributed by atoms with van der Waals surface area (Å²) in [7, 11) is 1.86. The lowest BCUT2D eigenvalue weighted by molar-refractivity contribution is 0.0742. The third-order valence-corrected chi connectivity index (χ3v) is 5.28. The number of carbonyl (C=O) groups excluding carboxylic acids is 1. The molecule has 2 saturated heterocycles. The highest BCUT2D eigenvalue weighted by Gasteiger charge is 2.39. The Labute approximate surface area is 141 Å². The molecular formula is C17H22FN3OS. The van der Waals surface area contributed by atoms with E-state index in [0.717, 1.165) is 30.8 Å². The molecule has 2 N–H and O–H groups in total. The molecule has 3 atom stereocenters. The SMILES string of the molecule is CNC(=S)N1[C@@H]2CCC[C@H]1CC(NC(=O)c1ccc(F)cc1)C2. The Hall–Kier alpha value is -1.69. The van der Waals surface area contributed by atoms with Gasteiger partial charge in [-0.1, -0.05) is 0 Å². The summed E-state index contributed by atoms with van der Waals surface area (Å²) < 4.78 is 13.0. The number of piperidine rings is 2. The summed E-state index contributed by atoms with van der Waals surface area (Å²) in [6, 6.07) is 6.61. The van der Waals surface area contributed by atoms with E-state index in [1.165, 1.54) is 30.7 Å². The maximum absolute atomic E-state index is 13.0. The Balaban J connectivity index is 1.66. The van der Waals surface area contributed by atoms with E-state index in [-0.39, 0.29) is 17.8 Å². The lowest BCUT2D eigenvalue weighted by Gasteiger charge is -2.50. The van der Waals surface area contributed by atoms with E-state index in [1.807, 2.05) is 7.05 Å². The monoisotopic (exact) mass is 335 g/mol. The molecule has 0 aliphatic carbocycles. The molecular weight excluding hydrogens is 313 g/mol. The van der Waals surface area contributed by atoms with Crippen molar-refractivity contribution in [3.63, 3.8) is 0 Å². The topological polar surface area (TPSA) is 44.4 Å². The third kappa shape index (κ3) is 3.47. The predicted octanol–water partition coefficient (Wildman–Crippen LogP) is 2.45. The van der Waals surface area contributed by atoms with Crippen LogP contribution in [0.2, 0.25) is 0 Å². The zero-order chi connectivity index (χ0) is 16.4. The molecule has 2 aliphatic heterocycles. The Morgan fingerprint density at radius 2 is 1.83 bits per heavy atom. The number of carbonyl (C=O) groups is 1. The highest BCUT2D eigenvalue weighted by Crippen LogP contribution is 2.34. The van der Waals surface area contributed by atoms with Crippen molar-refractivity contribution >= 4 is 23.2 Å². The maximum Gasteiger partial charge on any atom is 0.251 e. The predicted molar refractivity (Wildman–Crippen MR) is 91.8 cm³/mol. The van der Waals surface area contributed by atoms with Gasteiger partial charge in [0.1, 0.15) is 5.82 Å². The minimum Gasteiger partial charge on any atom is -0.366 e. The Kier molecular flexibility index (Phi) is 4.80. The van der Waals surface area contributed by atoms with Crippen molar-refractivity contribution in [1.29, 1.82) is 0 Å². The van der Waals surface area contributed by atoms with Crippen LogP contribution < -0.4 is 10.6 Å². The van der Waals surface area contributed by atoms with Gasteiger partial charge in [0.25, 0.3) is 5.91 Å². The molecule has 0 saturated carbocycles. The highest BCUT2D eigenvalue weighted by atomic mass is 32.1. The molecule has 124 valence electrons. The fourth-order valence-electron chi connectivity index (χ4n) is 3.83. The lowest BCUT2D eigenvalue weighted by atomic mass is 9.82. The summed E-state index contributed by atoms with van der Waals surface area (Å²) in [6.45, 7) is 0. The van der Waals surface area contributed by atoms with E-state index in [2.05, 4.69) is 15.5 Å². The smallest absolute Gasteiger partial charge is 0.251 e. The van der Waals surface area contributed by atoms with Gasteiger partial charge in [0.2, 0.25) is 0 Å². The van der Waals surface area contributed by atoms with Crippen LogP contribution in [0.1, 0.15) is 42.5 Å². The second-order valence-corrected chi connectivity index (χ2v) is 6.74. The van der Waals surface area contributed by atoms with Gasteiger partial charge in [-0.3, -0.25) is 4.79 Å². The number of thiocarbonyl (C=S) groups is 1. The van der Waals surface area contributed by atoms with Crippen LogP contribution in [-0.4, -0.2) is 41.1 Å². The Morgan fingerprint density at radius 1 is 1.22 bits per heavy atom. The van der Waals surface area contributed by atoms with Crippen molar-refractivity contribution < 1.29 is 9.18 Å². The number of rotatable bonds is 2. The maximum atomic E-state index is 13.0. The van der Waals surface area contributed by atoms with Crippen molar-refractivity contribution in [2.45, 2.75) is 50.2 Å². The molecule has 1 unspecified atom stereocenters. The van der Waals surface area contributed by atoms with Gasteiger partial charge in [0, 0.05) is 30.7 Å². The van der Waals surface area contributed by atoms with Gasteiger partial charge in [-0.2, -0.15) is 0 Å². The van der Waals surface area contributed by atoms with Gasteiger partial charge < -0.3 is 15.5 Å². The highest BCUT2D eigenvalue weighted by molar-refractivity contribution is 7.80.